The van der Waals surface area contributed by atoms with Crippen molar-refractivity contribution >= 4 is 5.91 Å². The fourth-order valence-corrected chi connectivity index (χ4v) is 3.43. The molecule has 138 valence electrons. The molecular formula is C19H31N5O. The van der Waals surface area contributed by atoms with Crippen molar-refractivity contribution < 1.29 is 4.79 Å². The SMILES string of the molecule is CC(C)=CCCC(C)N1CCC(n2cc(C(=O)NC3CC3)nn2)CC1. The molecule has 1 aliphatic heterocycles. The maximum absolute atomic E-state index is 12.0. The smallest absolute Gasteiger partial charge is 0.273 e. The number of carbonyl (C=O) groups is 1. The third-order valence-electron chi connectivity index (χ3n) is 5.29. The first-order valence-corrected chi connectivity index (χ1v) is 9.63. The van der Waals surface area contributed by atoms with Crippen molar-refractivity contribution in [1.82, 2.24) is 25.2 Å². The van der Waals surface area contributed by atoms with Crippen LogP contribution in [-0.4, -0.2) is 51.0 Å². The fourth-order valence-electron chi connectivity index (χ4n) is 3.43. The summed E-state index contributed by atoms with van der Waals surface area (Å²) >= 11 is 0. The van der Waals surface area contributed by atoms with Gasteiger partial charge in [-0.3, -0.25) is 4.79 Å². The molecule has 1 N–H and O–H groups in total. The van der Waals surface area contributed by atoms with E-state index in [9.17, 15) is 4.79 Å². The highest BCUT2D eigenvalue weighted by Crippen LogP contribution is 2.24. The largest absolute Gasteiger partial charge is 0.348 e. The summed E-state index contributed by atoms with van der Waals surface area (Å²) < 4.78 is 1.90. The van der Waals surface area contributed by atoms with Crippen LogP contribution in [0.2, 0.25) is 0 Å². The van der Waals surface area contributed by atoms with Crippen LogP contribution in [0.3, 0.4) is 0 Å². The minimum absolute atomic E-state index is 0.0842. The van der Waals surface area contributed by atoms with Crippen LogP contribution in [0.4, 0.5) is 0 Å². The second-order valence-corrected chi connectivity index (χ2v) is 7.81. The monoisotopic (exact) mass is 345 g/mol. The zero-order valence-corrected chi connectivity index (χ0v) is 15.7. The first-order valence-electron chi connectivity index (χ1n) is 9.63. The lowest BCUT2D eigenvalue weighted by Crippen LogP contribution is -2.40. The summed E-state index contributed by atoms with van der Waals surface area (Å²) in [4.78, 5) is 14.6. The molecule has 6 heteroatoms. The number of carbonyl (C=O) groups excluding carboxylic acids is 1. The molecule has 0 spiro atoms. The first-order chi connectivity index (χ1) is 12.0. The predicted octanol–water partition coefficient (Wildman–Crippen LogP) is 2.94. The number of hydrogen-bond donors (Lipinski definition) is 1. The number of allylic oxidation sites excluding steroid dienone is 2. The molecule has 1 aromatic rings. The van der Waals surface area contributed by atoms with Crippen LogP contribution in [0.25, 0.3) is 0 Å². The van der Waals surface area contributed by atoms with E-state index >= 15 is 0 Å². The normalized spacial score (nSPS) is 20.3. The average molecular weight is 345 g/mol. The highest BCUT2D eigenvalue weighted by atomic mass is 16.2. The first kappa shape index (κ1) is 18.1. The van der Waals surface area contributed by atoms with Crippen molar-refractivity contribution in [2.75, 3.05) is 13.1 Å². The van der Waals surface area contributed by atoms with Crippen molar-refractivity contribution in [2.24, 2.45) is 0 Å². The van der Waals surface area contributed by atoms with Gasteiger partial charge in [0, 0.05) is 25.2 Å². The van der Waals surface area contributed by atoms with Gasteiger partial charge in [-0.1, -0.05) is 16.9 Å². The summed E-state index contributed by atoms with van der Waals surface area (Å²) in [7, 11) is 0. The third-order valence-corrected chi connectivity index (χ3v) is 5.29. The van der Waals surface area contributed by atoms with E-state index < -0.39 is 0 Å². The standard InChI is InChI=1S/C19H31N5O/c1-14(2)5-4-6-15(3)23-11-9-17(10-12-23)24-13-18(21-22-24)19(25)20-16-7-8-16/h5,13,15-17H,4,6-12H2,1-3H3,(H,20,25). The van der Waals surface area contributed by atoms with E-state index in [0.29, 0.717) is 23.8 Å². The Morgan fingerprint density at radius 3 is 2.68 bits per heavy atom. The Balaban J connectivity index is 1.46. The molecule has 1 unspecified atom stereocenters. The quantitative estimate of drug-likeness (QED) is 0.772. The molecule has 1 saturated heterocycles. The number of piperidine rings is 1. The van der Waals surface area contributed by atoms with Gasteiger partial charge in [0.25, 0.3) is 5.91 Å². The van der Waals surface area contributed by atoms with E-state index in [1.807, 2.05) is 10.9 Å². The average Bonchev–Trinajstić information content (AvgIpc) is 3.26. The number of amides is 1. The molecule has 0 aromatic carbocycles. The van der Waals surface area contributed by atoms with E-state index in [4.69, 9.17) is 0 Å². The van der Waals surface area contributed by atoms with Crippen molar-refractivity contribution in [3.63, 3.8) is 0 Å². The van der Waals surface area contributed by atoms with Gasteiger partial charge in [0.05, 0.1) is 12.2 Å². The Bertz CT molecular complexity index is 607. The van der Waals surface area contributed by atoms with E-state index in [1.54, 1.807) is 0 Å². The lowest BCUT2D eigenvalue weighted by molar-refractivity contribution is 0.0946. The molecular weight excluding hydrogens is 314 g/mol. The maximum atomic E-state index is 12.0. The van der Waals surface area contributed by atoms with Gasteiger partial charge in [0.1, 0.15) is 0 Å². The minimum Gasteiger partial charge on any atom is -0.348 e. The van der Waals surface area contributed by atoms with Gasteiger partial charge in [0.15, 0.2) is 5.69 Å². The highest BCUT2D eigenvalue weighted by Gasteiger charge is 2.27. The second-order valence-electron chi connectivity index (χ2n) is 7.81. The summed E-state index contributed by atoms with van der Waals surface area (Å²) in [6.07, 6.45) is 10.8. The van der Waals surface area contributed by atoms with Gasteiger partial charge < -0.3 is 10.2 Å². The Kier molecular flexibility index (Phi) is 5.89. The summed E-state index contributed by atoms with van der Waals surface area (Å²) in [5.74, 6) is -0.0842. The van der Waals surface area contributed by atoms with E-state index in [2.05, 4.69) is 47.4 Å². The lowest BCUT2D eigenvalue weighted by Gasteiger charge is -2.35. The van der Waals surface area contributed by atoms with Crippen molar-refractivity contribution in [3.8, 4) is 0 Å². The van der Waals surface area contributed by atoms with Gasteiger partial charge in [-0.05, 0) is 59.3 Å². The van der Waals surface area contributed by atoms with E-state index in [0.717, 1.165) is 45.2 Å². The van der Waals surface area contributed by atoms with Gasteiger partial charge >= 0.3 is 0 Å². The fraction of sp³-hybridized carbons (Fsp3) is 0.737. The van der Waals surface area contributed by atoms with Crippen LogP contribution in [0.5, 0.6) is 0 Å². The number of rotatable bonds is 7. The molecule has 1 aliphatic carbocycles. The Morgan fingerprint density at radius 2 is 2.04 bits per heavy atom. The molecule has 1 atom stereocenters. The van der Waals surface area contributed by atoms with E-state index in [1.165, 1.54) is 12.0 Å². The highest BCUT2D eigenvalue weighted by molar-refractivity contribution is 5.92. The number of nitrogens with zero attached hydrogens (tertiary/aromatic N) is 4. The lowest BCUT2D eigenvalue weighted by atomic mass is 10.0. The topological polar surface area (TPSA) is 63.1 Å². The Labute approximate surface area is 150 Å². The molecule has 6 nitrogen and oxygen atoms in total. The van der Waals surface area contributed by atoms with Gasteiger partial charge in [-0.2, -0.15) is 0 Å². The molecule has 0 bridgehead atoms. The number of nitrogens with one attached hydrogen (secondary N) is 1. The molecule has 1 saturated carbocycles. The van der Waals surface area contributed by atoms with Crippen molar-refractivity contribution in [1.29, 1.82) is 0 Å². The molecule has 2 fully saturated rings. The van der Waals surface area contributed by atoms with Crippen LogP contribution in [0, 0.1) is 0 Å². The number of hydrogen-bond acceptors (Lipinski definition) is 4. The predicted molar refractivity (Wildman–Crippen MR) is 98.5 cm³/mol. The van der Waals surface area contributed by atoms with Crippen LogP contribution in [-0.2, 0) is 0 Å². The summed E-state index contributed by atoms with van der Waals surface area (Å²) in [5, 5.41) is 11.2. The van der Waals surface area contributed by atoms with Crippen LogP contribution < -0.4 is 5.32 Å². The van der Waals surface area contributed by atoms with Gasteiger partial charge in [-0.25, -0.2) is 4.68 Å². The summed E-state index contributed by atoms with van der Waals surface area (Å²) in [6, 6.07) is 1.33. The van der Waals surface area contributed by atoms with Gasteiger partial charge in [-0.15, -0.1) is 5.10 Å². The molecule has 0 radical (unpaired) electrons. The zero-order valence-electron chi connectivity index (χ0n) is 15.7. The molecule has 2 aliphatic rings. The summed E-state index contributed by atoms with van der Waals surface area (Å²) in [5.41, 5.74) is 1.85. The summed E-state index contributed by atoms with van der Waals surface area (Å²) in [6.45, 7) is 8.82. The van der Waals surface area contributed by atoms with E-state index in [-0.39, 0.29) is 5.91 Å². The van der Waals surface area contributed by atoms with Crippen LogP contribution in [0.15, 0.2) is 17.8 Å². The minimum atomic E-state index is -0.0842. The van der Waals surface area contributed by atoms with Crippen LogP contribution in [0.1, 0.15) is 75.8 Å². The maximum Gasteiger partial charge on any atom is 0.273 e. The Hall–Kier alpha value is -1.69. The number of likely N-dealkylation sites (tertiary alicyclic amines) is 1. The number of aromatic nitrogens is 3. The van der Waals surface area contributed by atoms with Crippen LogP contribution >= 0.6 is 0 Å². The van der Waals surface area contributed by atoms with Crippen molar-refractivity contribution in [3.05, 3.63) is 23.5 Å². The zero-order chi connectivity index (χ0) is 17.8. The molecule has 3 rings (SSSR count). The molecule has 1 aromatic heterocycles. The van der Waals surface area contributed by atoms with Gasteiger partial charge in [0.2, 0.25) is 0 Å². The third kappa shape index (κ3) is 5.14. The second kappa shape index (κ2) is 8.13. The molecule has 2 heterocycles. The molecule has 25 heavy (non-hydrogen) atoms. The van der Waals surface area contributed by atoms with Crippen molar-refractivity contribution in [2.45, 2.75) is 77.4 Å². The molecule has 1 amide bonds. The Morgan fingerprint density at radius 1 is 1.32 bits per heavy atom.